The molecule has 5 heteroatoms. The Morgan fingerprint density at radius 3 is 2.11 bits per heavy atom. The van der Waals surface area contributed by atoms with Gasteiger partial charge in [-0.1, -0.05) is 85.4 Å². The summed E-state index contributed by atoms with van der Waals surface area (Å²) in [6, 6.07) is 32.1. The number of nitriles is 1. The second-order valence-corrected chi connectivity index (χ2v) is 9.66. The zero-order chi connectivity index (χ0) is 24.2. The van der Waals surface area contributed by atoms with Crippen LogP contribution >= 0.6 is 11.8 Å². The van der Waals surface area contributed by atoms with Crippen LogP contribution in [-0.4, -0.2) is 16.1 Å². The highest BCUT2D eigenvalue weighted by Gasteiger charge is 2.31. The quantitative estimate of drug-likeness (QED) is 0.293. The van der Waals surface area contributed by atoms with Crippen LogP contribution in [0.2, 0.25) is 0 Å². The Bertz CT molecular complexity index is 1360. The lowest BCUT2D eigenvalue weighted by atomic mass is 10.0. The Kier molecular flexibility index (Phi) is 6.65. The maximum atomic E-state index is 14.2. The highest BCUT2D eigenvalue weighted by atomic mass is 32.2. The molecular weight excluding hydrogens is 450 g/mol. The number of nitrogens with zero attached hydrogens (tertiary/aromatic N) is 3. The van der Waals surface area contributed by atoms with E-state index in [1.807, 2.05) is 84.6 Å². The van der Waals surface area contributed by atoms with E-state index in [2.05, 4.69) is 18.2 Å². The highest BCUT2D eigenvalue weighted by molar-refractivity contribution is 8.00. The Morgan fingerprint density at radius 2 is 1.51 bits per heavy atom. The van der Waals surface area contributed by atoms with Crippen LogP contribution in [0.25, 0.3) is 11.3 Å². The van der Waals surface area contributed by atoms with Crippen LogP contribution in [0.1, 0.15) is 30.0 Å². The number of para-hydroxylation sites is 2. The Hall–Kier alpha value is -3.88. The molecule has 4 aromatic rings. The molecule has 35 heavy (non-hydrogen) atoms. The number of fused-ring (bicyclic) bond motifs is 2. The summed E-state index contributed by atoms with van der Waals surface area (Å²) in [6.45, 7) is 2.01. The van der Waals surface area contributed by atoms with Crippen LogP contribution in [0.15, 0.2) is 96.0 Å². The van der Waals surface area contributed by atoms with Crippen molar-refractivity contribution in [3.8, 4) is 17.3 Å². The van der Waals surface area contributed by atoms with E-state index in [0.29, 0.717) is 17.0 Å². The van der Waals surface area contributed by atoms with Crippen molar-refractivity contribution in [3.05, 3.63) is 108 Å². The van der Waals surface area contributed by atoms with Crippen molar-refractivity contribution < 1.29 is 4.79 Å². The third-order valence-corrected chi connectivity index (χ3v) is 7.65. The van der Waals surface area contributed by atoms with Crippen LogP contribution in [-0.2, 0) is 17.6 Å². The van der Waals surface area contributed by atoms with Crippen molar-refractivity contribution in [2.24, 2.45) is 0 Å². The van der Waals surface area contributed by atoms with E-state index in [0.717, 1.165) is 35.5 Å². The summed E-state index contributed by atoms with van der Waals surface area (Å²) in [5.41, 5.74) is 6.46. The fourth-order valence-electron chi connectivity index (χ4n) is 4.49. The summed E-state index contributed by atoms with van der Waals surface area (Å²) in [6.07, 6.45) is 2.40. The van der Waals surface area contributed by atoms with E-state index < -0.39 is 0 Å². The second kappa shape index (κ2) is 10.2. The summed E-state index contributed by atoms with van der Waals surface area (Å²) in [5, 5.41) is 9.95. The molecule has 0 radical (unpaired) electrons. The second-order valence-electron chi connectivity index (χ2n) is 8.47. The van der Waals surface area contributed by atoms with Crippen LogP contribution in [0.3, 0.4) is 0 Å². The number of aryl methyl sites for hydroxylation is 2. The molecule has 4 nitrogen and oxygen atoms in total. The van der Waals surface area contributed by atoms with Gasteiger partial charge in [-0.05, 0) is 54.7 Å². The topological polar surface area (TPSA) is 57.0 Å². The molecule has 172 valence electrons. The molecule has 1 aliphatic heterocycles. The van der Waals surface area contributed by atoms with Gasteiger partial charge in [-0.25, -0.2) is 4.98 Å². The average Bonchev–Trinajstić information content (AvgIpc) is 3.08. The summed E-state index contributed by atoms with van der Waals surface area (Å²) in [4.78, 5) is 20.8. The van der Waals surface area contributed by atoms with Crippen molar-refractivity contribution >= 4 is 29.0 Å². The molecule has 1 aromatic heterocycles. The number of hydrogen-bond acceptors (Lipinski definition) is 4. The minimum Gasteiger partial charge on any atom is -0.280 e. The summed E-state index contributed by atoms with van der Waals surface area (Å²) in [7, 11) is 0. The van der Waals surface area contributed by atoms with Gasteiger partial charge in [-0.2, -0.15) is 5.26 Å². The fraction of sp³-hybridized carbons (Fsp3) is 0.167. The SMILES string of the molecule is CCC(Sc1nc(-c2ccccc2)ccc1C#N)C(=O)N1c2ccccc2CCc2ccccc21. The zero-order valence-electron chi connectivity index (χ0n) is 19.5. The fourth-order valence-corrected chi connectivity index (χ4v) is 5.52. The number of hydrogen-bond donors (Lipinski definition) is 0. The smallest absolute Gasteiger partial charge is 0.245 e. The first-order valence-electron chi connectivity index (χ1n) is 11.8. The molecule has 0 spiro atoms. The normalized spacial score (nSPS) is 13.2. The van der Waals surface area contributed by atoms with Crippen molar-refractivity contribution in [1.29, 1.82) is 5.26 Å². The Balaban J connectivity index is 1.54. The molecule has 1 amide bonds. The molecule has 5 rings (SSSR count). The Labute approximate surface area is 210 Å². The predicted octanol–water partition coefficient (Wildman–Crippen LogP) is 6.95. The first-order valence-corrected chi connectivity index (χ1v) is 12.7. The van der Waals surface area contributed by atoms with E-state index in [4.69, 9.17) is 4.98 Å². The molecular formula is C30H25N3OS. The third kappa shape index (κ3) is 4.58. The van der Waals surface area contributed by atoms with E-state index in [-0.39, 0.29) is 11.2 Å². The molecule has 1 aliphatic rings. The lowest BCUT2D eigenvalue weighted by Gasteiger charge is -2.28. The van der Waals surface area contributed by atoms with Gasteiger partial charge in [0.05, 0.1) is 27.9 Å². The Morgan fingerprint density at radius 1 is 0.914 bits per heavy atom. The molecule has 0 aliphatic carbocycles. The van der Waals surface area contributed by atoms with Gasteiger partial charge in [0.25, 0.3) is 0 Å². The van der Waals surface area contributed by atoms with Gasteiger partial charge in [-0.15, -0.1) is 0 Å². The molecule has 0 fully saturated rings. The highest BCUT2D eigenvalue weighted by Crippen LogP contribution is 2.39. The number of benzene rings is 3. The molecule has 0 N–H and O–H groups in total. The van der Waals surface area contributed by atoms with E-state index in [1.165, 1.54) is 22.9 Å². The van der Waals surface area contributed by atoms with Gasteiger partial charge < -0.3 is 0 Å². The van der Waals surface area contributed by atoms with E-state index in [9.17, 15) is 10.1 Å². The third-order valence-electron chi connectivity index (χ3n) is 6.30. The number of anilines is 2. The number of carbonyl (C=O) groups is 1. The van der Waals surface area contributed by atoms with E-state index >= 15 is 0 Å². The number of carbonyl (C=O) groups excluding carboxylic acids is 1. The van der Waals surface area contributed by atoms with Crippen molar-refractivity contribution in [3.63, 3.8) is 0 Å². The number of rotatable bonds is 5. The monoisotopic (exact) mass is 475 g/mol. The van der Waals surface area contributed by atoms with Gasteiger partial charge in [0.15, 0.2) is 0 Å². The summed E-state index contributed by atoms with van der Waals surface area (Å²) < 4.78 is 0. The number of thioether (sulfide) groups is 1. The molecule has 1 unspecified atom stereocenters. The largest absolute Gasteiger partial charge is 0.280 e. The van der Waals surface area contributed by atoms with Gasteiger partial charge in [0.1, 0.15) is 11.1 Å². The summed E-state index contributed by atoms with van der Waals surface area (Å²) in [5.74, 6) is 0.00936. The van der Waals surface area contributed by atoms with Crippen LogP contribution in [0, 0.1) is 11.3 Å². The molecule has 0 bridgehead atoms. The lowest BCUT2D eigenvalue weighted by molar-refractivity contribution is -0.117. The van der Waals surface area contributed by atoms with Crippen molar-refractivity contribution in [1.82, 2.24) is 4.98 Å². The maximum absolute atomic E-state index is 14.2. The first kappa shape index (κ1) is 22.9. The van der Waals surface area contributed by atoms with Gasteiger partial charge in [0, 0.05) is 5.56 Å². The maximum Gasteiger partial charge on any atom is 0.245 e. The zero-order valence-corrected chi connectivity index (χ0v) is 20.3. The van der Waals surface area contributed by atoms with Crippen LogP contribution in [0.5, 0.6) is 0 Å². The van der Waals surface area contributed by atoms with Gasteiger partial charge in [-0.3, -0.25) is 9.69 Å². The van der Waals surface area contributed by atoms with Crippen LogP contribution < -0.4 is 4.90 Å². The summed E-state index contributed by atoms with van der Waals surface area (Å²) >= 11 is 1.38. The number of aromatic nitrogens is 1. The minimum absolute atomic E-state index is 0.00936. The van der Waals surface area contributed by atoms with Crippen molar-refractivity contribution in [2.45, 2.75) is 36.5 Å². The molecule has 1 atom stereocenters. The van der Waals surface area contributed by atoms with Gasteiger partial charge in [0.2, 0.25) is 5.91 Å². The van der Waals surface area contributed by atoms with E-state index in [1.54, 1.807) is 6.07 Å². The standard InChI is InChI=1S/C30H25N3OS/c1-2-28(35-29-24(20-31)18-19-25(32-29)21-10-4-3-5-11-21)30(34)33-26-14-8-6-12-22(26)16-17-23-13-7-9-15-27(23)33/h3-15,18-19,28H,2,16-17H2,1H3. The first-order chi connectivity index (χ1) is 17.2. The van der Waals surface area contributed by atoms with Gasteiger partial charge >= 0.3 is 0 Å². The molecule has 3 aromatic carbocycles. The minimum atomic E-state index is -0.389. The lowest BCUT2D eigenvalue weighted by Crippen LogP contribution is -2.34. The number of amides is 1. The predicted molar refractivity (Wildman–Crippen MR) is 142 cm³/mol. The number of pyridine rings is 1. The molecule has 2 heterocycles. The van der Waals surface area contributed by atoms with Crippen LogP contribution in [0.4, 0.5) is 11.4 Å². The average molecular weight is 476 g/mol. The molecule has 0 saturated carbocycles. The van der Waals surface area contributed by atoms with Crippen molar-refractivity contribution in [2.75, 3.05) is 4.90 Å². The molecule has 0 saturated heterocycles.